The third kappa shape index (κ3) is 2.79. The van der Waals surface area contributed by atoms with Gasteiger partial charge in [-0.05, 0) is 24.6 Å². The summed E-state index contributed by atoms with van der Waals surface area (Å²) < 4.78 is 13.0. The normalized spacial score (nSPS) is 17.2. The molecule has 1 aromatic rings. The van der Waals surface area contributed by atoms with Crippen molar-refractivity contribution in [3.63, 3.8) is 0 Å². The number of nitrogens with zero attached hydrogens (tertiary/aromatic N) is 1. The summed E-state index contributed by atoms with van der Waals surface area (Å²) in [6, 6.07) is 5.62. The average molecular weight is 251 g/mol. The Morgan fingerprint density at radius 3 is 2.89 bits per heavy atom. The first-order valence-electron chi connectivity index (χ1n) is 6.13. The van der Waals surface area contributed by atoms with E-state index in [0.29, 0.717) is 18.8 Å². The van der Waals surface area contributed by atoms with E-state index in [1.807, 2.05) is 0 Å². The van der Waals surface area contributed by atoms with Crippen molar-refractivity contribution in [3.05, 3.63) is 30.1 Å². The van der Waals surface area contributed by atoms with Crippen LogP contribution in [0.2, 0.25) is 0 Å². The van der Waals surface area contributed by atoms with Crippen molar-refractivity contribution >= 4 is 11.7 Å². The fourth-order valence-electron chi connectivity index (χ4n) is 2.28. The van der Waals surface area contributed by atoms with Crippen LogP contribution in [0.5, 0.6) is 0 Å². The molecule has 1 aromatic carbocycles. The Morgan fingerprint density at radius 2 is 2.28 bits per heavy atom. The van der Waals surface area contributed by atoms with E-state index < -0.39 is 0 Å². The molecule has 1 aliphatic heterocycles. The Balaban J connectivity index is 1.87. The minimum atomic E-state index is -0.365. The highest BCUT2D eigenvalue weighted by atomic mass is 19.1. The average Bonchev–Trinajstić information content (AvgIpc) is 2.26. The van der Waals surface area contributed by atoms with Crippen LogP contribution in [0.4, 0.5) is 14.9 Å². The zero-order chi connectivity index (χ0) is 13.2. The number of nitrogens with one attached hydrogen (secondary N) is 1. The summed E-state index contributed by atoms with van der Waals surface area (Å²) in [6.07, 6.45) is 1.92. The monoisotopic (exact) mass is 251 g/mol. The molecule has 0 saturated carbocycles. The van der Waals surface area contributed by atoms with Crippen molar-refractivity contribution in [3.8, 4) is 0 Å². The molecule has 5 heteroatoms. The van der Waals surface area contributed by atoms with Gasteiger partial charge in [-0.3, -0.25) is 0 Å². The van der Waals surface area contributed by atoms with E-state index >= 15 is 0 Å². The molecule has 4 nitrogen and oxygen atoms in total. The molecule has 0 aliphatic carbocycles. The van der Waals surface area contributed by atoms with Crippen LogP contribution in [-0.2, 0) is 0 Å². The van der Waals surface area contributed by atoms with Gasteiger partial charge in [-0.15, -0.1) is 0 Å². The van der Waals surface area contributed by atoms with Gasteiger partial charge in [0, 0.05) is 18.8 Å². The van der Waals surface area contributed by atoms with Gasteiger partial charge in [-0.2, -0.15) is 0 Å². The van der Waals surface area contributed by atoms with Crippen molar-refractivity contribution in [1.29, 1.82) is 0 Å². The van der Waals surface area contributed by atoms with E-state index in [2.05, 4.69) is 12.2 Å². The molecule has 2 amide bonds. The van der Waals surface area contributed by atoms with E-state index in [9.17, 15) is 9.18 Å². The van der Waals surface area contributed by atoms with Crippen molar-refractivity contribution in [2.75, 3.05) is 18.4 Å². The third-order valence-corrected chi connectivity index (χ3v) is 3.12. The van der Waals surface area contributed by atoms with E-state index in [4.69, 9.17) is 5.73 Å². The fraction of sp³-hybridized carbons (Fsp3) is 0.462. The van der Waals surface area contributed by atoms with Gasteiger partial charge in [0.2, 0.25) is 0 Å². The second-order valence-corrected chi connectivity index (χ2v) is 4.91. The number of benzene rings is 1. The third-order valence-electron chi connectivity index (χ3n) is 3.12. The van der Waals surface area contributed by atoms with Crippen LogP contribution in [0.3, 0.4) is 0 Å². The molecular formula is C13H18FN3O. The van der Waals surface area contributed by atoms with Crippen molar-refractivity contribution < 1.29 is 9.18 Å². The molecule has 98 valence electrons. The van der Waals surface area contributed by atoms with Crippen molar-refractivity contribution in [2.24, 2.45) is 5.73 Å². The number of hydrogen-bond donors (Lipinski definition) is 2. The van der Waals surface area contributed by atoms with E-state index in [1.165, 1.54) is 12.1 Å². The first-order valence-corrected chi connectivity index (χ1v) is 6.13. The second-order valence-electron chi connectivity index (χ2n) is 4.91. The van der Waals surface area contributed by atoms with Crippen LogP contribution in [0.1, 0.15) is 19.8 Å². The van der Waals surface area contributed by atoms with Gasteiger partial charge in [0.05, 0.1) is 5.54 Å². The molecule has 1 heterocycles. The maximum Gasteiger partial charge on any atom is 0.321 e. The number of halogens is 1. The van der Waals surface area contributed by atoms with Gasteiger partial charge in [-0.25, -0.2) is 9.18 Å². The number of amides is 2. The lowest BCUT2D eigenvalue weighted by atomic mass is 9.87. The summed E-state index contributed by atoms with van der Waals surface area (Å²) in [4.78, 5) is 13.5. The van der Waals surface area contributed by atoms with Crippen LogP contribution < -0.4 is 11.1 Å². The number of anilines is 1. The molecule has 0 aromatic heterocycles. The number of hydrogen-bond acceptors (Lipinski definition) is 2. The molecular weight excluding hydrogens is 233 g/mol. The lowest BCUT2D eigenvalue weighted by molar-refractivity contribution is 0.0980. The Labute approximate surface area is 106 Å². The van der Waals surface area contributed by atoms with Crippen LogP contribution in [-0.4, -0.2) is 29.6 Å². The molecule has 0 atom stereocenters. The number of carbonyl (C=O) groups excluding carboxylic acids is 1. The lowest BCUT2D eigenvalue weighted by Crippen LogP contribution is -2.69. The topological polar surface area (TPSA) is 58.4 Å². The molecule has 0 bridgehead atoms. The minimum absolute atomic E-state index is 0.224. The molecule has 0 spiro atoms. The molecule has 18 heavy (non-hydrogen) atoms. The standard InChI is InChI=1S/C13H18FN3O/c1-2-6-13(15)8-17(9-13)12(18)16-11-5-3-4-10(14)7-11/h3-5,7H,2,6,8-9,15H2,1H3,(H,16,18). The maximum atomic E-state index is 13.0. The number of carbonyl (C=O) groups is 1. The summed E-state index contributed by atoms with van der Waals surface area (Å²) in [5.41, 5.74) is 6.30. The quantitative estimate of drug-likeness (QED) is 0.865. The highest BCUT2D eigenvalue weighted by Crippen LogP contribution is 2.24. The van der Waals surface area contributed by atoms with Gasteiger partial charge in [0.1, 0.15) is 5.82 Å². The molecule has 1 fully saturated rings. The largest absolute Gasteiger partial charge is 0.322 e. The first kappa shape index (κ1) is 12.8. The van der Waals surface area contributed by atoms with Gasteiger partial charge in [0.25, 0.3) is 0 Å². The van der Waals surface area contributed by atoms with Crippen molar-refractivity contribution in [2.45, 2.75) is 25.3 Å². The number of rotatable bonds is 3. The molecule has 1 aliphatic rings. The van der Waals surface area contributed by atoms with E-state index in [0.717, 1.165) is 12.8 Å². The summed E-state index contributed by atoms with van der Waals surface area (Å²) >= 11 is 0. The van der Waals surface area contributed by atoms with Gasteiger partial charge < -0.3 is 16.0 Å². The smallest absolute Gasteiger partial charge is 0.321 e. The van der Waals surface area contributed by atoms with Crippen LogP contribution in [0.25, 0.3) is 0 Å². The number of nitrogens with two attached hydrogens (primary N) is 1. The second kappa shape index (κ2) is 4.94. The van der Waals surface area contributed by atoms with E-state index in [1.54, 1.807) is 17.0 Å². The fourth-order valence-corrected chi connectivity index (χ4v) is 2.28. The zero-order valence-corrected chi connectivity index (χ0v) is 10.4. The minimum Gasteiger partial charge on any atom is -0.322 e. The summed E-state index contributed by atoms with van der Waals surface area (Å²) in [5.74, 6) is -0.365. The Hall–Kier alpha value is -1.62. The van der Waals surface area contributed by atoms with E-state index in [-0.39, 0.29) is 17.4 Å². The predicted molar refractivity (Wildman–Crippen MR) is 68.8 cm³/mol. The van der Waals surface area contributed by atoms with Gasteiger partial charge >= 0.3 is 6.03 Å². The highest BCUT2D eigenvalue weighted by molar-refractivity contribution is 5.90. The van der Waals surface area contributed by atoms with Crippen LogP contribution in [0, 0.1) is 5.82 Å². The molecule has 2 rings (SSSR count). The van der Waals surface area contributed by atoms with Crippen LogP contribution in [0.15, 0.2) is 24.3 Å². The molecule has 0 radical (unpaired) electrons. The Morgan fingerprint density at radius 1 is 1.56 bits per heavy atom. The lowest BCUT2D eigenvalue weighted by Gasteiger charge is -2.47. The van der Waals surface area contributed by atoms with Crippen LogP contribution >= 0.6 is 0 Å². The maximum absolute atomic E-state index is 13.0. The van der Waals surface area contributed by atoms with Crippen molar-refractivity contribution in [1.82, 2.24) is 4.90 Å². The number of urea groups is 1. The predicted octanol–water partition coefficient (Wildman–Crippen LogP) is 2.17. The van der Waals surface area contributed by atoms with Gasteiger partial charge in [0.15, 0.2) is 0 Å². The summed E-state index contributed by atoms with van der Waals surface area (Å²) in [6.45, 7) is 3.19. The molecule has 1 saturated heterocycles. The zero-order valence-electron chi connectivity index (χ0n) is 10.4. The Kier molecular flexibility index (Phi) is 3.52. The Bertz CT molecular complexity index is 444. The molecule has 3 N–H and O–H groups in total. The van der Waals surface area contributed by atoms with Gasteiger partial charge in [-0.1, -0.05) is 19.4 Å². The number of likely N-dealkylation sites (tertiary alicyclic amines) is 1. The summed E-state index contributed by atoms with van der Waals surface area (Å²) in [7, 11) is 0. The molecule has 0 unspecified atom stereocenters. The SMILES string of the molecule is CCCC1(N)CN(C(=O)Nc2cccc(F)c2)C1. The first-order chi connectivity index (χ1) is 8.52. The summed E-state index contributed by atoms with van der Waals surface area (Å²) in [5, 5.41) is 2.66. The highest BCUT2D eigenvalue weighted by Gasteiger charge is 2.41.